The van der Waals surface area contributed by atoms with Gasteiger partial charge in [-0.3, -0.25) is 4.52 Å². The third-order valence-corrected chi connectivity index (χ3v) is 6.11. The highest BCUT2D eigenvalue weighted by atomic mass is 32.5. The molecule has 0 radical (unpaired) electrons. The topological polar surface area (TPSA) is 50.8 Å². The summed E-state index contributed by atoms with van der Waals surface area (Å²) in [5, 5.41) is 0. The quantitative estimate of drug-likeness (QED) is 0.540. The largest absolute Gasteiger partial charge is 0.614 e. The van der Waals surface area contributed by atoms with Gasteiger partial charge in [0, 0.05) is 28.1 Å². The van der Waals surface area contributed by atoms with Gasteiger partial charge >= 0.3 is 6.72 Å². The zero-order valence-electron chi connectivity index (χ0n) is 9.10. The maximum Gasteiger partial charge on any atom is 0.330 e. The fraction of sp³-hybridized carbons (Fsp3) is 1.00. The molecule has 0 saturated carbocycles. The summed E-state index contributed by atoms with van der Waals surface area (Å²) < 4.78 is 27.0. The molecule has 0 bridgehead atoms. The van der Waals surface area contributed by atoms with E-state index in [1.807, 2.05) is 6.92 Å². The number of hydrogen-bond donors (Lipinski definition) is 0. The van der Waals surface area contributed by atoms with Crippen molar-refractivity contribution < 1.29 is 18.1 Å². The molecule has 0 N–H and O–H groups in total. The Kier molecular flexibility index (Phi) is 6.14. The average molecular weight is 260 g/mol. The van der Waals surface area contributed by atoms with Crippen molar-refractivity contribution in [3.05, 3.63) is 0 Å². The normalized spacial score (nSPS) is 15.6. The van der Waals surface area contributed by atoms with Crippen molar-refractivity contribution in [1.29, 1.82) is 0 Å². The van der Waals surface area contributed by atoms with Gasteiger partial charge in [-0.05, 0) is 29.9 Å². The highest BCUT2D eigenvalue weighted by Gasteiger charge is 2.38. The first kappa shape index (κ1) is 14.8. The molecule has 1 atom stereocenters. The van der Waals surface area contributed by atoms with Crippen molar-refractivity contribution in [2.24, 2.45) is 0 Å². The van der Waals surface area contributed by atoms with E-state index in [1.54, 1.807) is 13.8 Å². The molecule has 0 aromatic rings. The molecular formula is C7H17O4PS2. The van der Waals surface area contributed by atoms with Gasteiger partial charge < -0.3 is 13.6 Å². The van der Waals surface area contributed by atoms with Gasteiger partial charge in [-0.1, -0.05) is 0 Å². The predicted molar refractivity (Wildman–Crippen MR) is 62.2 cm³/mol. The van der Waals surface area contributed by atoms with E-state index in [4.69, 9.17) is 25.4 Å². The van der Waals surface area contributed by atoms with Crippen molar-refractivity contribution >= 4 is 29.7 Å². The average Bonchev–Trinajstić information content (AvgIpc) is 2.15. The molecular weight excluding hydrogens is 243 g/mol. The van der Waals surface area contributed by atoms with Crippen molar-refractivity contribution in [2.45, 2.75) is 25.7 Å². The Morgan fingerprint density at radius 1 is 1.36 bits per heavy atom. The Balaban J connectivity index is 4.56. The van der Waals surface area contributed by atoms with Gasteiger partial charge in [-0.2, -0.15) is 0 Å². The fourth-order valence-electron chi connectivity index (χ4n) is 0.807. The smallest absolute Gasteiger partial charge is 0.330 e. The van der Waals surface area contributed by atoms with Crippen molar-refractivity contribution in [3.63, 3.8) is 0 Å². The summed E-state index contributed by atoms with van der Waals surface area (Å²) in [6, 6.07) is 0. The highest BCUT2D eigenvalue weighted by Crippen LogP contribution is 2.52. The minimum absolute atomic E-state index is 0.510. The van der Waals surface area contributed by atoms with Crippen LogP contribution in [0.4, 0.5) is 0 Å². The summed E-state index contributed by atoms with van der Waals surface area (Å²) in [5.41, 5.74) is 0. The molecule has 0 fully saturated rings. The first-order valence-corrected chi connectivity index (χ1v) is 7.99. The zero-order valence-corrected chi connectivity index (χ0v) is 11.6. The van der Waals surface area contributed by atoms with Crippen LogP contribution < -0.4 is 0 Å². The minimum atomic E-state index is -2.73. The van der Waals surface area contributed by atoms with E-state index in [1.165, 1.54) is 14.2 Å². The van der Waals surface area contributed by atoms with Crippen molar-refractivity contribution in [3.8, 4) is 0 Å². The van der Waals surface area contributed by atoms with E-state index in [2.05, 4.69) is 0 Å². The maximum absolute atomic E-state index is 11.6. The predicted octanol–water partition coefficient (Wildman–Crippen LogP) is 2.02. The summed E-state index contributed by atoms with van der Waals surface area (Å²) in [6.07, 6.45) is 0. The molecule has 0 aromatic carbocycles. The third-order valence-electron chi connectivity index (χ3n) is 1.59. The lowest BCUT2D eigenvalue weighted by atomic mass is 10.5. The Labute approximate surface area is 93.7 Å². The molecule has 14 heavy (non-hydrogen) atoms. The third kappa shape index (κ3) is 4.14. The lowest BCUT2D eigenvalue weighted by Crippen LogP contribution is -2.35. The van der Waals surface area contributed by atoms with Gasteiger partial charge in [0.25, 0.3) is 0 Å². The lowest BCUT2D eigenvalue weighted by Gasteiger charge is -2.31. The van der Waals surface area contributed by atoms with Crippen LogP contribution in [0.25, 0.3) is 0 Å². The van der Waals surface area contributed by atoms with E-state index < -0.39 is 22.8 Å². The second-order valence-corrected chi connectivity index (χ2v) is 8.34. The van der Waals surface area contributed by atoms with Crippen LogP contribution in [0, 0.1) is 0 Å². The molecule has 0 aliphatic carbocycles. The molecule has 0 aliphatic rings. The number of hydrogen-bond acceptors (Lipinski definition) is 5. The van der Waals surface area contributed by atoms with Crippen LogP contribution in [0.5, 0.6) is 0 Å². The Bertz CT molecular complexity index is 214. The van der Waals surface area contributed by atoms with E-state index in [0.29, 0.717) is 5.75 Å². The van der Waals surface area contributed by atoms with Crippen LogP contribution in [-0.2, 0) is 36.6 Å². The molecule has 0 aromatic heterocycles. The van der Waals surface area contributed by atoms with E-state index in [-0.39, 0.29) is 0 Å². The van der Waals surface area contributed by atoms with E-state index in [9.17, 15) is 4.55 Å². The molecule has 7 heteroatoms. The Morgan fingerprint density at radius 2 is 1.79 bits per heavy atom. The van der Waals surface area contributed by atoms with Crippen LogP contribution in [-0.4, -0.2) is 29.5 Å². The van der Waals surface area contributed by atoms with Gasteiger partial charge in [-0.15, -0.1) is 0 Å². The monoisotopic (exact) mass is 260 g/mol. The molecule has 1 unspecified atom stereocenters. The fourth-order valence-corrected chi connectivity index (χ4v) is 3.67. The molecule has 0 heterocycles. The maximum atomic E-state index is 11.6. The van der Waals surface area contributed by atoms with E-state index >= 15 is 0 Å². The second-order valence-electron chi connectivity index (χ2n) is 2.94. The molecule has 86 valence electrons. The SMILES string of the molecule is CC[S+]([O-])C(C)(C)OP(=S)(OC)OC. The van der Waals surface area contributed by atoms with Crippen molar-refractivity contribution in [2.75, 3.05) is 20.0 Å². The Hall–Kier alpha value is 0.840. The first-order valence-electron chi connectivity index (χ1n) is 4.12. The first-order chi connectivity index (χ1) is 6.31. The summed E-state index contributed by atoms with van der Waals surface area (Å²) in [4.78, 5) is -0.837. The summed E-state index contributed by atoms with van der Waals surface area (Å²) in [6.45, 7) is 2.52. The van der Waals surface area contributed by atoms with Crippen LogP contribution in [0.1, 0.15) is 20.8 Å². The lowest BCUT2D eigenvalue weighted by molar-refractivity contribution is 0.135. The van der Waals surface area contributed by atoms with Gasteiger partial charge in [0.05, 0.1) is 0 Å². The summed E-state index contributed by atoms with van der Waals surface area (Å²) in [5.74, 6) is 0.510. The molecule has 0 aliphatic heterocycles. The van der Waals surface area contributed by atoms with Crippen LogP contribution in [0.15, 0.2) is 0 Å². The van der Waals surface area contributed by atoms with Crippen molar-refractivity contribution in [1.82, 2.24) is 0 Å². The summed E-state index contributed by atoms with van der Waals surface area (Å²) >= 11 is 3.92. The molecule has 0 rings (SSSR count). The standard InChI is InChI=1S/C7H17O4PS2/c1-6-14(8)7(2,3)11-12(13,9-4)10-5/h6H2,1-5H3. The highest BCUT2D eigenvalue weighted by molar-refractivity contribution is 8.07. The molecule has 0 saturated heterocycles. The number of rotatable bonds is 6. The second kappa shape index (κ2) is 5.80. The van der Waals surface area contributed by atoms with Crippen LogP contribution in [0.3, 0.4) is 0 Å². The zero-order chi connectivity index (χ0) is 11.4. The minimum Gasteiger partial charge on any atom is -0.614 e. The summed E-state index contributed by atoms with van der Waals surface area (Å²) in [7, 11) is 2.85. The van der Waals surface area contributed by atoms with E-state index in [0.717, 1.165) is 0 Å². The molecule has 0 spiro atoms. The van der Waals surface area contributed by atoms with Gasteiger partial charge in [0.15, 0.2) is 0 Å². The molecule has 4 nitrogen and oxygen atoms in total. The van der Waals surface area contributed by atoms with Crippen LogP contribution >= 0.6 is 6.72 Å². The van der Waals surface area contributed by atoms with Gasteiger partial charge in [0.2, 0.25) is 4.93 Å². The Morgan fingerprint density at radius 3 is 2.07 bits per heavy atom. The van der Waals surface area contributed by atoms with Gasteiger partial charge in [0.1, 0.15) is 5.75 Å². The molecule has 0 amide bonds. The van der Waals surface area contributed by atoms with Crippen LogP contribution in [0.2, 0.25) is 0 Å². The van der Waals surface area contributed by atoms with Gasteiger partial charge in [-0.25, -0.2) is 0 Å².